The van der Waals surface area contributed by atoms with Gasteiger partial charge in [0.2, 0.25) is 0 Å². The van der Waals surface area contributed by atoms with Crippen molar-refractivity contribution < 1.29 is 18.6 Å². The summed E-state index contributed by atoms with van der Waals surface area (Å²) in [5.41, 5.74) is 0.512. The number of hydrogen-bond acceptors (Lipinski definition) is 3. The van der Waals surface area contributed by atoms with Crippen molar-refractivity contribution in [3.63, 3.8) is 0 Å². The first-order valence-corrected chi connectivity index (χ1v) is 4.97. The topological polar surface area (TPSA) is 41.5 Å². The minimum Gasteiger partial charge on any atom is -0.394 e. The number of rotatable bonds is 6. The van der Waals surface area contributed by atoms with E-state index in [0.717, 1.165) is 12.1 Å². The van der Waals surface area contributed by atoms with Crippen molar-refractivity contribution in [2.24, 2.45) is 0 Å². The second-order valence-corrected chi connectivity index (χ2v) is 3.36. The maximum Gasteiger partial charge on any atom is 0.159 e. The van der Waals surface area contributed by atoms with Crippen LogP contribution in [0.4, 0.5) is 8.78 Å². The van der Waals surface area contributed by atoms with E-state index in [9.17, 15) is 8.78 Å². The summed E-state index contributed by atoms with van der Waals surface area (Å²) in [5.74, 6) is -1.80. The van der Waals surface area contributed by atoms with E-state index < -0.39 is 17.7 Å². The fourth-order valence-electron chi connectivity index (χ4n) is 1.35. The van der Waals surface area contributed by atoms with Crippen LogP contribution in [-0.2, 0) is 4.74 Å². The Balaban J connectivity index is 2.67. The molecule has 0 bridgehead atoms. The van der Waals surface area contributed by atoms with Crippen LogP contribution < -0.4 is 5.32 Å². The predicted molar refractivity (Wildman–Crippen MR) is 56.1 cm³/mol. The molecule has 1 rings (SSSR count). The average Bonchev–Trinajstić information content (AvgIpc) is 2.29. The molecule has 5 heteroatoms. The number of hydrogen-bond donors (Lipinski definition) is 2. The van der Waals surface area contributed by atoms with Crippen LogP contribution in [-0.4, -0.2) is 32.0 Å². The van der Waals surface area contributed by atoms with Gasteiger partial charge in [0.25, 0.3) is 0 Å². The highest BCUT2D eigenvalue weighted by Crippen LogP contribution is 2.15. The standard InChI is InChI=1S/C11H15F2NO2/c1-16-5-4-14-11(7-15)8-2-3-9(12)10(13)6-8/h2-3,6,11,14-15H,4-5,7H2,1H3. The molecule has 16 heavy (non-hydrogen) atoms. The van der Waals surface area contributed by atoms with Gasteiger partial charge in [-0.3, -0.25) is 0 Å². The van der Waals surface area contributed by atoms with Crippen molar-refractivity contribution >= 4 is 0 Å². The second-order valence-electron chi connectivity index (χ2n) is 3.36. The number of methoxy groups -OCH3 is 1. The molecule has 0 amide bonds. The normalized spacial score (nSPS) is 12.8. The van der Waals surface area contributed by atoms with Gasteiger partial charge in [0.1, 0.15) is 0 Å². The fourth-order valence-corrected chi connectivity index (χ4v) is 1.35. The summed E-state index contributed by atoms with van der Waals surface area (Å²) in [6.07, 6.45) is 0. The summed E-state index contributed by atoms with van der Waals surface area (Å²) in [6.45, 7) is 0.829. The monoisotopic (exact) mass is 231 g/mol. The van der Waals surface area contributed by atoms with Crippen molar-refractivity contribution in [1.82, 2.24) is 5.32 Å². The van der Waals surface area contributed by atoms with E-state index in [1.807, 2.05) is 0 Å². The van der Waals surface area contributed by atoms with Crippen molar-refractivity contribution in [1.29, 1.82) is 0 Å². The summed E-state index contributed by atoms with van der Waals surface area (Å²) < 4.78 is 30.5. The van der Waals surface area contributed by atoms with Crippen LogP contribution in [0.2, 0.25) is 0 Å². The molecule has 0 fully saturated rings. The number of ether oxygens (including phenoxy) is 1. The van der Waals surface area contributed by atoms with Crippen LogP contribution in [0.3, 0.4) is 0 Å². The molecular weight excluding hydrogens is 216 g/mol. The van der Waals surface area contributed by atoms with Crippen LogP contribution in [0.5, 0.6) is 0 Å². The minimum atomic E-state index is -0.913. The first-order chi connectivity index (χ1) is 7.69. The number of aliphatic hydroxyl groups is 1. The van der Waals surface area contributed by atoms with E-state index in [4.69, 9.17) is 9.84 Å². The van der Waals surface area contributed by atoms with E-state index in [0.29, 0.717) is 18.7 Å². The summed E-state index contributed by atoms with van der Waals surface area (Å²) in [7, 11) is 1.56. The van der Waals surface area contributed by atoms with Crippen LogP contribution in [0.1, 0.15) is 11.6 Å². The number of benzene rings is 1. The Bertz CT molecular complexity index is 334. The molecule has 90 valence electrons. The van der Waals surface area contributed by atoms with Gasteiger partial charge in [0.15, 0.2) is 11.6 Å². The molecule has 1 aromatic rings. The first-order valence-electron chi connectivity index (χ1n) is 4.97. The van der Waals surface area contributed by atoms with Crippen molar-refractivity contribution in [3.8, 4) is 0 Å². The molecule has 0 aliphatic carbocycles. The van der Waals surface area contributed by atoms with E-state index >= 15 is 0 Å². The zero-order valence-corrected chi connectivity index (χ0v) is 9.04. The minimum absolute atomic E-state index is 0.186. The molecule has 0 saturated heterocycles. The molecule has 0 saturated carbocycles. The van der Waals surface area contributed by atoms with E-state index in [-0.39, 0.29) is 6.61 Å². The Kier molecular flexibility index (Phi) is 5.31. The lowest BCUT2D eigenvalue weighted by Gasteiger charge is -2.16. The Morgan fingerprint density at radius 2 is 2.12 bits per heavy atom. The molecule has 0 aliphatic heterocycles. The lowest BCUT2D eigenvalue weighted by Crippen LogP contribution is -2.27. The van der Waals surface area contributed by atoms with Crippen LogP contribution in [0.25, 0.3) is 0 Å². The smallest absolute Gasteiger partial charge is 0.159 e. The van der Waals surface area contributed by atoms with Crippen molar-refractivity contribution in [3.05, 3.63) is 35.4 Å². The average molecular weight is 231 g/mol. The van der Waals surface area contributed by atoms with Gasteiger partial charge in [-0.2, -0.15) is 0 Å². The molecule has 0 aromatic heterocycles. The molecule has 0 aliphatic rings. The van der Waals surface area contributed by atoms with Gasteiger partial charge >= 0.3 is 0 Å². The second kappa shape index (κ2) is 6.52. The van der Waals surface area contributed by atoms with E-state index in [1.54, 1.807) is 7.11 Å². The van der Waals surface area contributed by atoms with Crippen LogP contribution in [0, 0.1) is 11.6 Å². The molecule has 0 heterocycles. The van der Waals surface area contributed by atoms with Crippen molar-refractivity contribution in [2.45, 2.75) is 6.04 Å². The summed E-state index contributed by atoms with van der Waals surface area (Å²) in [5, 5.41) is 12.1. The SMILES string of the molecule is COCCNC(CO)c1ccc(F)c(F)c1. The van der Waals surface area contributed by atoms with Gasteiger partial charge in [-0.25, -0.2) is 8.78 Å². The molecule has 3 nitrogen and oxygen atoms in total. The summed E-state index contributed by atoms with van der Waals surface area (Å²) in [6, 6.07) is 3.16. The maximum absolute atomic E-state index is 13.0. The molecule has 2 N–H and O–H groups in total. The molecule has 0 spiro atoms. The highest BCUT2D eigenvalue weighted by molar-refractivity contribution is 5.21. The fraction of sp³-hybridized carbons (Fsp3) is 0.455. The summed E-state index contributed by atoms with van der Waals surface area (Å²) >= 11 is 0. The van der Waals surface area contributed by atoms with E-state index in [2.05, 4.69) is 5.32 Å². The number of aliphatic hydroxyl groups excluding tert-OH is 1. The molecule has 1 unspecified atom stereocenters. The first kappa shape index (κ1) is 13.0. The highest BCUT2D eigenvalue weighted by Gasteiger charge is 2.11. The van der Waals surface area contributed by atoms with Gasteiger partial charge < -0.3 is 15.2 Å². The molecule has 1 aromatic carbocycles. The third kappa shape index (κ3) is 3.52. The Morgan fingerprint density at radius 3 is 2.69 bits per heavy atom. The molecule has 1 atom stereocenters. The predicted octanol–water partition coefficient (Wildman–Crippen LogP) is 1.23. The van der Waals surface area contributed by atoms with Crippen LogP contribution >= 0.6 is 0 Å². The molecule has 0 radical (unpaired) electrons. The third-order valence-electron chi connectivity index (χ3n) is 2.23. The van der Waals surface area contributed by atoms with Gasteiger partial charge in [-0.05, 0) is 17.7 Å². The Labute approximate surface area is 93.0 Å². The quantitative estimate of drug-likeness (QED) is 0.724. The lowest BCUT2D eigenvalue weighted by molar-refractivity contribution is 0.184. The van der Waals surface area contributed by atoms with Crippen molar-refractivity contribution in [2.75, 3.05) is 26.9 Å². The zero-order chi connectivity index (χ0) is 12.0. The molecular formula is C11H15F2NO2. The number of nitrogens with one attached hydrogen (secondary N) is 1. The zero-order valence-electron chi connectivity index (χ0n) is 9.04. The van der Waals surface area contributed by atoms with Crippen LogP contribution in [0.15, 0.2) is 18.2 Å². The van der Waals surface area contributed by atoms with Gasteiger partial charge in [0, 0.05) is 13.7 Å². The van der Waals surface area contributed by atoms with Gasteiger partial charge in [-0.1, -0.05) is 6.07 Å². The van der Waals surface area contributed by atoms with E-state index in [1.165, 1.54) is 6.07 Å². The highest BCUT2D eigenvalue weighted by atomic mass is 19.2. The Morgan fingerprint density at radius 1 is 1.38 bits per heavy atom. The van der Waals surface area contributed by atoms with Gasteiger partial charge in [-0.15, -0.1) is 0 Å². The maximum atomic E-state index is 13.0. The Hall–Kier alpha value is -1.04. The van der Waals surface area contributed by atoms with Gasteiger partial charge in [0.05, 0.1) is 19.3 Å². The number of halogens is 2. The third-order valence-corrected chi connectivity index (χ3v) is 2.23. The lowest BCUT2D eigenvalue weighted by atomic mass is 10.1. The summed E-state index contributed by atoms with van der Waals surface area (Å²) in [4.78, 5) is 0. The largest absolute Gasteiger partial charge is 0.394 e.